The van der Waals surface area contributed by atoms with Crippen molar-refractivity contribution in [1.29, 1.82) is 0 Å². The van der Waals surface area contributed by atoms with Gasteiger partial charge in [-0.2, -0.15) is 5.11 Å². The predicted molar refractivity (Wildman–Crippen MR) is 78.3 cm³/mol. The van der Waals surface area contributed by atoms with E-state index in [1.165, 1.54) is 4.90 Å². The van der Waals surface area contributed by atoms with Crippen LogP contribution in [0.3, 0.4) is 0 Å². The van der Waals surface area contributed by atoms with Gasteiger partial charge in [0.25, 0.3) is 5.91 Å². The molecular weight excluding hydrogens is 282 g/mol. The second kappa shape index (κ2) is 4.92. The number of anilines is 1. The lowest BCUT2D eigenvalue weighted by Crippen LogP contribution is -2.76. The van der Waals surface area contributed by atoms with E-state index in [0.717, 1.165) is 0 Å². The predicted octanol–water partition coefficient (Wildman–Crippen LogP) is 2.57. The molecule has 4 rings (SSSR count). The van der Waals surface area contributed by atoms with Gasteiger partial charge in [0.05, 0.1) is 0 Å². The summed E-state index contributed by atoms with van der Waals surface area (Å²) in [5, 5.41) is 8.03. The summed E-state index contributed by atoms with van der Waals surface area (Å²) in [5.41, 5.74) is 0.710. The first-order chi connectivity index (χ1) is 10.8. The lowest BCUT2D eigenvalue weighted by molar-refractivity contribution is -0.171. The van der Waals surface area contributed by atoms with Crippen LogP contribution in [0, 0.1) is 0 Å². The van der Waals surface area contributed by atoms with Gasteiger partial charge in [-0.3, -0.25) is 9.69 Å². The summed E-state index contributed by atoms with van der Waals surface area (Å²) in [4.78, 5) is 14.0. The Morgan fingerprint density at radius 2 is 1.77 bits per heavy atom. The Hall–Kier alpha value is -2.73. The molecule has 2 aliphatic heterocycles. The molecule has 22 heavy (non-hydrogen) atoms. The molecule has 1 amide bonds. The van der Waals surface area contributed by atoms with Crippen molar-refractivity contribution in [3.63, 3.8) is 0 Å². The zero-order valence-corrected chi connectivity index (χ0v) is 11.6. The number of β-lactam (4-membered cyclic amide) rings is 1. The van der Waals surface area contributed by atoms with Crippen LogP contribution in [-0.4, -0.2) is 24.6 Å². The fourth-order valence-electron chi connectivity index (χ4n) is 2.66. The summed E-state index contributed by atoms with van der Waals surface area (Å²) in [7, 11) is 0. The second-order valence-electron chi connectivity index (χ2n) is 4.99. The van der Waals surface area contributed by atoms with Crippen LogP contribution in [0.2, 0.25) is 0 Å². The normalized spacial score (nSPS) is 26.3. The number of amides is 1. The van der Waals surface area contributed by atoms with Crippen LogP contribution in [0.1, 0.15) is 0 Å². The van der Waals surface area contributed by atoms with E-state index in [-0.39, 0.29) is 12.6 Å². The van der Waals surface area contributed by atoms with Crippen molar-refractivity contribution < 1.29 is 14.3 Å². The zero-order valence-electron chi connectivity index (χ0n) is 11.6. The molecule has 2 unspecified atom stereocenters. The number of azo groups is 1. The highest BCUT2D eigenvalue weighted by atomic mass is 16.6. The number of hydrogen-bond acceptors (Lipinski definition) is 5. The minimum Gasteiger partial charge on any atom is -0.473 e. The molecule has 0 radical (unpaired) electrons. The first-order valence-electron chi connectivity index (χ1n) is 6.95. The molecule has 0 saturated carbocycles. The van der Waals surface area contributed by atoms with Crippen LogP contribution in [0.15, 0.2) is 70.9 Å². The molecule has 2 atom stereocenters. The third-order valence-electron chi connectivity index (χ3n) is 3.67. The molecule has 0 aromatic heterocycles. The Morgan fingerprint density at radius 3 is 2.41 bits per heavy atom. The van der Waals surface area contributed by atoms with E-state index in [1.54, 1.807) is 12.1 Å². The fourth-order valence-corrected chi connectivity index (χ4v) is 2.66. The number of benzene rings is 2. The molecule has 0 aliphatic carbocycles. The van der Waals surface area contributed by atoms with Crippen molar-refractivity contribution in [2.24, 2.45) is 10.2 Å². The highest BCUT2D eigenvalue weighted by Crippen LogP contribution is 2.43. The molecule has 6 heteroatoms. The summed E-state index contributed by atoms with van der Waals surface area (Å²) in [6.45, 7) is 0.116. The number of ether oxygens (including phenoxy) is 2. The van der Waals surface area contributed by atoms with E-state index in [1.807, 2.05) is 48.5 Å². The molecule has 1 fully saturated rings. The molecule has 2 heterocycles. The number of carbonyl (C=O) groups excluding carboxylic acids is 1. The van der Waals surface area contributed by atoms with Crippen molar-refractivity contribution in [3.8, 4) is 5.75 Å². The van der Waals surface area contributed by atoms with Crippen LogP contribution in [0.25, 0.3) is 0 Å². The smallest absolute Gasteiger partial charge is 0.313 e. The number of hydrogen-bond donors (Lipinski definition) is 0. The molecular formula is C16H13N3O3. The SMILES string of the molecule is O=C1C(Oc2ccccc2)C2(N=NCO2)N1c1ccccc1. The first kappa shape index (κ1) is 13.0. The number of nitrogens with zero attached hydrogens (tertiary/aromatic N) is 3. The van der Waals surface area contributed by atoms with Crippen molar-refractivity contribution >= 4 is 11.6 Å². The number of para-hydroxylation sites is 2. The van der Waals surface area contributed by atoms with Gasteiger partial charge in [-0.25, -0.2) is 0 Å². The van der Waals surface area contributed by atoms with Crippen molar-refractivity contribution in [2.75, 3.05) is 11.6 Å². The van der Waals surface area contributed by atoms with Gasteiger partial charge in [-0.1, -0.05) is 36.4 Å². The lowest BCUT2D eigenvalue weighted by Gasteiger charge is -2.49. The van der Waals surface area contributed by atoms with Gasteiger partial charge >= 0.3 is 5.85 Å². The molecule has 2 aromatic rings. The maximum Gasteiger partial charge on any atom is 0.313 e. The molecule has 110 valence electrons. The molecule has 0 N–H and O–H groups in total. The Balaban J connectivity index is 1.67. The second-order valence-corrected chi connectivity index (χ2v) is 4.99. The van der Waals surface area contributed by atoms with Crippen molar-refractivity contribution in [2.45, 2.75) is 12.0 Å². The third kappa shape index (κ3) is 1.81. The van der Waals surface area contributed by atoms with Gasteiger partial charge in [0.1, 0.15) is 5.75 Å². The lowest BCUT2D eigenvalue weighted by atomic mass is 10.00. The van der Waals surface area contributed by atoms with E-state index in [2.05, 4.69) is 10.2 Å². The van der Waals surface area contributed by atoms with Crippen LogP contribution in [0.4, 0.5) is 5.69 Å². The minimum absolute atomic E-state index is 0.116. The fraction of sp³-hybridized carbons (Fsp3) is 0.188. The summed E-state index contributed by atoms with van der Waals surface area (Å²) in [6, 6.07) is 18.4. The standard InChI is InChI=1S/C16H13N3O3/c20-15-14(22-13-9-5-2-6-10-13)16(18-17-11-21-16)19(15)12-7-3-1-4-8-12/h1-10,14H,11H2. The number of carbonyl (C=O) groups is 1. The van der Waals surface area contributed by atoms with E-state index in [0.29, 0.717) is 11.4 Å². The Bertz CT molecular complexity index is 720. The zero-order chi connectivity index (χ0) is 15.0. The van der Waals surface area contributed by atoms with Gasteiger partial charge in [0.2, 0.25) is 6.10 Å². The van der Waals surface area contributed by atoms with Gasteiger partial charge < -0.3 is 9.47 Å². The monoisotopic (exact) mass is 295 g/mol. The average molecular weight is 295 g/mol. The molecule has 1 spiro atoms. The van der Waals surface area contributed by atoms with Crippen molar-refractivity contribution in [1.82, 2.24) is 0 Å². The van der Waals surface area contributed by atoms with Gasteiger partial charge in [-0.05, 0) is 24.3 Å². The maximum absolute atomic E-state index is 12.5. The summed E-state index contributed by atoms with van der Waals surface area (Å²) in [6.07, 6.45) is -0.832. The van der Waals surface area contributed by atoms with E-state index >= 15 is 0 Å². The van der Waals surface area contributed by atoms with Gasteiger partial charge in [0.15, 0.2) is 6.73 Å². The molecule has 6 nitrogen and oxygen atoms in total. The summed E-state index contributed by atoms with van der Waals surface area (Å²) >= 11 is 0. The van der Waals surface area contributed by atoms with E-state index < -0.39 is 12.0 Å². The minimum atomic E-state index is -1.20. The maximum atomic E-state index is 12.5. The summed E-state index contributed by atoms with van der Waals surface area (Å²) < 4.78 is 11.4. The van der Waals surface area contributed by atoms with Crippen LogP contribution >= 0.6 is 0 Å². The first-order valence-corrected chi connectivity index (χ1v) is 6.95. The molecule has 2 aliphatic rings. The largest absolute Gasteiger partial charge is 0.473 e. The van der Waals surface area contributed by atoms with Crippen molar-refractivity contribution in [3.05, 3.63) is 60.7 Å². The molecule has 1 saturated heterocycles. The summed E-state index contributed by atoms with van der Waals surface area (Å²) in [5.74, 6) is -0.802. The quantitative estimate of drug-likeness (QED) is 0.817. The topological polar surface area (TPSA) is 63.5 Å². The molecule has 0 bridgehead atoms. The Labute approximate surface area is 127 Å². The Kier molecular flexibility index (Phi) is 2.90. The van der Waals surface area contributed by atoms with Gasteiger partial charge in [0, 0.05) is 5.69 Å². The van der Waals surface area contributed by atoms with Crippen LogP contribution in [0.5, 0.6) is 5.75 Å². The number of rotatable bonds is 3. The molecule has 2 aromatic carbocycles. The van der Waals surface area contributed by atoms with E-state index in [4.69, 9.17) is 9.47 Å². The highest BCUT2D eigenvalue weighted by molar-refractivity contribution is 6.06. The van der Waals surface area contributed by atoms with Gasteiger partial charge in [-0.15, -0.1) is 5.11 Å². The third-order valence-corrected chi connectivity index (χ3v) is 3.67. The average Bonchev–Trinajstić information content (AvgIpc) is 3.07. The van der Waals surface area contributed by atoms with Crippen LogP contribution < -0.4 is 9.64 Å². The van der Waals surface area contributed by atoms with E-state index in [9.17, 15) is 4.79 Å². The Morgan fingerprint density at radius 1 is 1.09 bits per heavy atom. The van der Waals surface area contributed by atoms with Crippen LogP contribution in [-0.2, 0) is 9.53 Å². The highest BCUT2D eigenvalue weighted by Gasteiger charge is 2.67.